The normalized spacial score (nSPS) is 21.4. The average molecular weight is 246 g/mol. The van der Waals surface area contributed by atoms with Crippen molar-refractivity contribution in [2.24, 2.45) is 5.14 Å². The van der Waals surface area contributed by atoms with E-state index in [1.165, 1.54) is 6.07 Å². The molecule has 2 heterocycles. The molecule has 0 amide bonds. The van der Waals surface area contributed by atoms with E-state index in [1.807, 2.05) is 0 Å². The van der Waals surface area contributed by atoms with Crippen LogP contribution in [0.1, 0.15) is 12.2 Å². The van der Waals surface area contributed by atoms with Crippen LogP contribution in [0.15, 0.2) is 21.6 Å². The van der Waals surface area contributed by atoms with Crippen molar-refractivity contribution in [1.82, 2.24) is 5.32 Å². The summed E-state index contributed by atoms with van der Waals surface area (Å²) in [6.45, 7) is 1.92. The number of nitrogens with two attached hydrogens (primary N) is 1. The fourth-order valence-corrected chi connectivity index (χ4v) is 2.03. The van der Waals surface area contributed by atoms with Crippen LogP contribution in [0.4, 0.5) is 0 Å². The van der Waals surface area contributed by atoms with Crippen molar-refractivity contribution >= 4 is 10.0 Å². The van der Waals surface area contributed by atoms with Gasteiger partial charge in [-0.05, 0) is 18.6 Å². The first kappa shape index (κ1) is 11.6. The summed E-state index contributed by atoms with van der Waals surface area (Å²) in [6, 6.07) is 3.27. The predicted molar refractivity (Wildman–Crippen MR) is 56.1 cm³/mol. The quantitative estimate of drug-likeness (QED) is 0.767. The van der Waals surface area contributed by atoms with Crippen LogP contribution >= 0.6 is 0 Å². The summed E-state index contributed by atoms with van der Waals surface area (Å²) < 4.78 is 32.2. The molecule has 1 aliphatic heterocycles. The van der Waals surface area contributed by atoms with E-state index in [1.54, 1.807) is 6.07 Å². The van der Waals surface area contributed by atoms with Crippen LogP contribution in [0.3, 0.4) is 0 Å². The van der Waals surface area contributed by atoms with Gasteiger partial charge in [-0.25, -0.2) is 13.6 Å². The second-order valence-electron chi connectivity index (χ2n) is 3.71. The minimum absolute atomic E-state index is 0.202. The highest BCUT2D eigenvalue weighted by Gasteiger charge is 2.17. The third kappa shape index (κ3) is 2.82. The Labute approximate surface area is 93.8 Å². The lowest BCUT2D eigenvalue weighted by Gasteiger charge is -2.07. The molecule has 1 aromatic rings. The largest absolute Gasteiger partial charge is 0.447 e. The fraction of sp³-hybridized carbons (Fsp3) is 0.556. The van der Waals surface area contributed by atoms with Gasteiger partial charge in [-0.15, -0.1) is 0 Å². The van der Waals surface area contributed by atoms with Gasteiger partial charge in [0.1, 0.15) is 5.76 Å². The van der Waals surface area contributed by atoms with Crippen molar-refractivity contribution in [3.63, 3.8) is 0 Å². The summed E-state index contributed by atoms with van der Waals surface area (Å²) in [6.07, 6.45) is 0.961. The second kappa shape index (κ2) is 4.54. The number of nitrogens with one attached hydrogen (secondary N) is 1. The maximum absolute atomic E-state index is 11.0. The van der Waals surface area contributed by atoms with E-state index in [4.69, 9.17) is 14.3 Å². The van der Waals surface area contributed by atoms with Crippen molar-refractivity contribution in [2.75, 3.05) is 13.2 Å². The highest BCUT2D eigenvalue weighted by molar-refractivity contribution is 7.89. The Hall–Kier alpha value is -0.890. The Morgan fingerprint density at radius 2 is 2.31 bits per heavy atom. The summed E-state index contributed by atoms with van der Waals surface area (Å²) in [5.74, 6) is 0.552. The number of furan rings is 1. The molecule has 1 aliphatic rings. The molecule has 0 saturated carbocycles. The van der Waals surface area contributed by atoms with E-state index in [0.29, 0.717) is 25.0 Å². The Balaban J connectivity index is 1.92. The lowest BCUT2D eigenvalue weighted by Crippen LogP contribution is -2.28. The molecule has 16 heavy (non-hydrogen) atoms. The highest BCUT2D eigenvalue weighted by atomic mass is 32.2. The average Bonchev–Trinajstić information content (AvgIpc) is 2.85. The number of sulfonamides is 1. The molecule has 90 valence electrons. The van der Waals surface area contributed by atoms with Crippen molar-refractivity contribution in [2.45, 2.75) is 24.1 Å². The molecule has 0 aliphatic carbocycles. The van der Waals surface area contributed by atoms with Crippen molar-refractivity contribution in [1.29, 1.82) is 0 Å². The molecule has 1 aromatic heterocycles. The highest BCUT2D eigenvalue weighted by Crippen LogP contribution is 2.12. The Morgan fingerprint density at radius 3 is 2.88 bits per heavy atom. The maximum Gasteiger partial charge on any atom is 0.271 e. The third-order valence-corrected chi connectivity index (χ3v) is 3.19. The summed E-state index contributed by atoms with van der Waals surface area (Å²) in [4.78, 5) is 0. The monoisotopic (exact) mass is 246 g/mol. The van der Waals surface area contributed by atoms with Crippen LogP contribution < -0.4 is 10.5 Å². The zero-order chi connectivity index (χ0) is 11.6. The lowest BCUT2D eigenvalue weighted by molar-refractivity contribution is 0.189. The van der Waals surface area contributed by atoms with Crippen LogP contribution in [-0.2, 0) is 21.3 Å². The third-order valence-electron chi connectivity index (χ3n) is 2.41. The maximum atomic E-state index is 11.0. The number of primary sulfonamides is 1. The van der Waals surface area contributed by atoms with Gasteiger partial charge in [-0.3, -0.25) is 0 Å². The van der Waals surface area contributed by atoms with E-state index in [-0.39, 0.29) is 5.09 Å². The molecule has 2 rings (SSSR count). The smallest absolute Gasteiger partial charge is 0.271 e. The molecule has 0 radical (unpaired) electrons. The number of hydrogen-bond donors (Lipinski definition) is 2. The van der Waals surface area contributed by atoms with E-state index in [0.717, 1.165) is 13.0 Å². The van der Waals surface area contributed by atoms with Crippen LogP contribution in [-0.4, -0.2) is 27.7 Å². The summed E-state index contributed by atoms with van der Waals surface area (Å²) in [7, 11) is -3.74. The van der Waals surface area contributed by atoms with Crippen LogP contribution in [0, 0.1) is 0 Å². The molecular weight excluding hydrogens is 232 g/mol. The molecule has 1 atom stereocenters. The molecule has 1 unspecified atom stereocenters. The molecule has 1 fully saturated rings. The molecule has 0 spiro atoms. The number of rotatable bonds is 4. The molecule has 7 heteroatoms. The minimum atomic E-state index is -3.74. The molecular formula is C9H14N2O4S. The number of hydrogen-bond acceptors (Lipinski definition) is 5. The van der Waals surface area contributed by atoms with Gasteiger partial charge in [0.2, 0.25) is 5.09 Å². The van der Waals surface area contributed by atoms with Gasteiger partial charge in [-0.1, -0.05) is 0 Å². The van der Waals surface area contributed by atoms with E-state index in [9.17, 15) is 8.42 Å². The van der Waals surface area contributed by atoms with Gasteiger partial charge in [0.15, 0.2) is 0 Å². The predicted octanol–water partition coefficient (Wildman–Crippen LogP) is -0.195. The molecule has 1 saturated heterocycles. The lowest BCUT2D eigenvalue weighted by atomic mass is 10.2. The van der Waals surface area contributed by atoms with Crippen molar-refractivity contribution in [3.8, 4) is 0 Å². The second-order valence-corrected chi connectivity index (χ2v) is 5.20. The molecule has 0 aromatic carbocycles. The standard InChI is InChI=1S/C9H14N2O4S/c10-16(12,13)9-2-1-8(15-9)5-11-7-3-4-14-6-7/h1-2,7,11H,3-6H2,(H2,10,12,13). The van der Waals surface area contributed by atoms with Gasteiger partial charge in [0.05, 0.1) is 13.2 Å². The summed E-state index contributed by atoms with van der Waals surface area (Å²) in [5, 5.41) is 7.93. The van der Waals surface area contributed by atoms with Gasteiger partial charge >= 0.3 is 0 Å². The number of ether oxygens (including phenoxy) is 1. The van der Waals surface area contributed by atoms with Gasteiger partial charge in [0.25, 0.3) is 10.0 Å². The van der Waals surface area contributed by atoms with Crippen LogP contribution in [0.2, 0.25) is 0 Å². The van der Waals surface area contributed by atoms with E-state index < -0.39 is 10.0 Å². The van der Waals surface area contributed by atoms with Gasteiger partial charge < -0.3 is 14.5 Å². The topological polar surface area (TPSA) is 94.6 Å². The van der Waals surface area contributed by atoms with Gasteiger partial charge in [-0.2, -0.15) is 0 Å². The molecule has 3 N–H and O–H groups in total. The van der Waals surface area contributed by atoms with Crippen molar-refractivity contribution in [3.05, 3.63) is 17.9 Å². The first-order chi connectivity index (χ1) is 7.55. The van der Waals surface area contributed by atoms with E-state index >= 15 is 0 Å². The first-order valence-electron chi connectivity index (χ1n) is 4.98. The van der Waals surface area contributed by atoms with E-state index in [2.05, 4.69) is 5.32 Å². The minimum Gasteiger partial charge on any atom is -0.447 e. The van der Waals surface area contributed by atoms with Crippen LogP contribution in [0.25, 0.3) is 0 Å². The van der Waals surface area contributed by atoms with Crippen LogP contribution in [0.5, 0.6) is 0 Å². The Kier molecular flexibility index (Phi) is 3.29. The Bertz CT molecular complexity index is 448. The molecule has 6 nitrogen and oxygen atoms in total. The zero-order valence-corrected chi connectivity index (χ0v) is 9.50. The summed E-state index contributed by atoms with van der Waals surface area (Å²) in [5.41, 5.74) is 0. The fourth-order valence-electron chi connectivity index (χ4n) is 1.55. The Morgan fingerprint density at radius 1 is 1.50 bits per heavy atom. The SMILES string of the molecule is NS(=O)(=O)c1ccc(CNC2CCOC2)o1. The first-order valence-corrected chi connectivity index (χ1v) is 6.53. The summed E-state index contributed by atoms with van der Waals surface area (Å²) >= 11 is 0. The van der Waals surface area contributed by atoms with Gasteiger partial charge in [0, 0.05) is 12.6 Å². The van der Waals surface area contributed by atoms with Crippen molar-refractivity contribution < 1.29 is 17.6 Å². The molecule has 0 bridgehead atoms. The zero-order valence-electron chi connectivity index (χ0n) is 8.68.